The highest BCUT2D eigenvalue weighted by atomic mass is 16.2. The van der Waals surface area contributed by atoms with Gasteiger partial charge in [-0.2, -0.15) is 0 Å². The molecule has 0 radical (unpaired) electrons. The minimum absolute atomic E-state index is 0.0589. The van der Waals surface area contributed by atoms with Crippen LogP contribution in [0.1, 0.15) is 40.2 Å². The second-order valence-electron chi connectivity index (χ2n) is 6.48. The Hall–Kier alpha value is -2.22. The van der Waals surface area contributed by atoms with Crippen molar-refractivity contribution in [3.8, 4) is 0 Å². The molecule has 8 heteroatoms. The zero-order chi connectivity index (χ0) is 19.8. The molecule has 0 aliphatic carbocycles. The number of amides is 1. The summed E-state index contributed by atoms with van der Waals surface area (Å²) in [5.41, 5.74) is 4.11. The summed E-state index contributed by atoms with van der Waals surface area (Å²) in [6.07, 6.45) is 1.32. The lowest BCUT2D eigenvalue weighted by atomic mass is 9.90. The van der Waals surface area contributed by atoms with Crippen molar-refractivity contribution in [2.75, 3.05) is 19.6 Å². The number of carbonyl (C=O) groups excluding carboxylic acids is 2. The Kier molecular flexibility index (Phi) is 9.05. The van der Waals surface area contributed by atoms with Gasteiger partial charge in [0.05, 0.1) is 6.54 Å². The first-order valence-electron chi connectivity index (χ1n) is 8.37. The molecule has 0 aromatic carbocycles. The first-order valence-corrected chi connectivity index (χ1v) is 8.37. The maximum absolute atomic E-state index is 12.4. The molecule has 1 aromatic rings. The molecule has 0 spiro atoms. The topological polar surface area (TPSA) is 118 Å². The van der Waals surface area contributed by atoms with E-state index in [-0.39, 0.29) is 32.0 Å². The Balaban J connectivity index is 0.00000277. The van der Waals surface area contributed by atoms with Crippen LogP contribution in [0.3, 0.4) is 0 Å². The van der Waals surface area contributed by atoms with Crippen molar-refractivity contribution < 1.29 is 9.59 Å². The van der Waals surface area contributed by atoms with E-state index in [4.69, 9.17) is 5.73 Å². The van der Waals surface area contributed by atoms with E-state index in [0.29, 0.717) is 5.56 Å². The largest absolute Gasteiger partial charge is 0.333 e. The molecule has 0 saturated heterocycles. The molecule has 0 saturated carbocycles. The van der Waals surface area contributed by atoms with Crippen molar-refractivity contribution in [1.29, 1.82) is 0 Å². The molecular formula is C17H30N4O4. The van der Waals surface area contributed by atoms with Crippen molar-refractivity contribution in [2.45, 2.75) is 48.1 Å². The number of aromatic nitrogens is 2. The maximum atomic E-state index is 12.4. The molecule has 1 rings (SSSR count). The quantitative estimate of drug-likeness (QED) is 0.760. The van der Waals surface area contributed by atoms with E-state index in [0.717, 1.165) is 4.57 Å². The normalized spacial score (nSPS) is 10.7. The summed E-state index contributed by atoms with van der Waals surface area (Å²) in [4.78, 5) is 51.1. The van der Waals surface area contributed by atoms with E-state index < -0.39 is 22.6 Å². The van der Waals surface area contributed by atoms with E-state index in [1.165, 1.54) is 11.1 Å². The van der Waals surface area contributed by atoms with Crippen LogP contribution in [0.2, 0.25) is 0 Å². The van der Waals surface area contributed by atoms with Crippen molar-refractivity contribution in [2.24, 2.45) is 11.1 Å². The van der Waals surface area contributed by atoms with Gasteiger partial charge in [0.1, 0.15) is 6.54 Å². The Morgan fingerprint density at radius 2 is 1.80 bits per heavy atom. The van der Waals surface area contributed by atoms with Gasteiger partial charge in [0.15, 0.2) is 5.78 Å². The van der Waals surface area contributed by atoms with Crippen LogP contribution in [-0.2, 0) is 16.1 Å². The lowest BCUT2D eigenvalue weighted by Gasteiger charge is -2.25. The Labute approximate surface area is 148 Å². The van der Waals surface area contributed by atoms with E-state index >= 15 is 0 Å². The van der Waals surface area contributed by atoms with Gasteiger partial charge in [-0.3, -0.25) is 23.9 Å². The minimum Gasteiger partial charge on any atom is -0.333 e. The number of Topliss-reactive ketones (excluding diaryl/α,β-unsaturated/α-hetero) is 1. The third-order valence-electron chi connectivity index (χ3n) is 3.42. The molecule has 0 aliphatic heterocycles. The third-order valence-corrected chi connectivity index (χ3v) is 3.42. The Morgan fingerprint density at radius 3 is 2.28 bits per heavy atom. The van der Waals surface area contributed by atoms with Crippen molar-refractivity contribution in [3.05, 3.63) is 32.6 Å². The van der Waals surface area contributed by atoms with Crippen LogP contribution in [0.25, 0.3) is 0 Å². The molecule has 1 aromatic heterocycles. The number of rotatable bonds is 6. The number of ketones is 1. The van der Waals surface area contributed by atoms with E-state index in [1.54, 1.807) is 27.7 Å². The van der Waals surface area contributed by atoms with E-state index in [9.17, 15) is 19.2 Å². The SMILES string of the molecule is CC.Cc1cn(CC(=O)N(CCN)CC(=O)C(C)(C)C)c(=O)[nH]c1=O. The number of hydrogen-bond acceptors (Lipinski definition) is 5. The van der Waals surface area contributed by atoms with Crippen LogP contribution < -0.4 is 17.0 Å². The van der Waals surface area contributed by atoms with Crippen molar-refractivity contribution in [1.82, 2.24) is 14.5 Å². The molecular weight excluding hydrogens is 324 g/mol. The first kappa shape index (κ1) is 22.8. The van der Waals surface area contributed by atoms with E-state index in [2.05, 4.69) is 4.98 Å². The molecule has 0 fully saturated rings. The molecule has 0 atom stereocenters. The van der Waals surface area contributed by atoms with E-state index in [1.807, 2.05) is 13.8 Å². The van der Waals surface area contributed by atoms with Gasteiger partial charge in [0.2, 0.25) is 5.91 Å². The standard InChI is InChI=1S/C15H24N4O4.C2H6/c1-10-7-19(14(23)17-13(10)22)9-12(21)18(6-5-16)8-11(20)15(2,3)4;1-2/h7H,5-6,8-9,16H2,1-4H3,(H,17,22,23);1-2H3. The summed E-state index contributed by atoms with van der Waals surface area (Å²) in [5, 5.41) is 0. The predicted molar refractivity (Wildman–Crippen MR) is 97.5 cm³/mol. The molecule has 1 amide bonds. The summed E-state index contributed by atoms with van der Waals surface area (Å²) >= 11 is 0. The molecule has 25 heavy (non-hydrogen) atoms. The number of nitrogens with one attached hydrogen (secondary N) is 1. The fourth-order valence-corrected chi connectivity index (χ4v) is 1.84. The summed E-state index contributed by atoms with van der Waals surface area (Å²) in [5.74, 6) is -0.495. The van der Waals surface area contributed by atoms with Gasteiger partial charge in [-0.05, 0) is 6.92 Å². The van der Waals surface area contributed by atoms with Crippen LogP contribution in [0.15, 0.2) is 15.8 Å². The summed E-state index contributed by atoms with van der Waals surface area (Å²) < 4.78 is 1.12. The van der Waals surface area contributed by atoms with Gasteiger partial charge in [-0.25, -0.2) is 4.79 Å². The third kappa shape index (κ3) is 7.04. The number of nitrogens with zero attached hydrogens (tertiary/aromatic N) is 2. The lowest BCUT2D eigenvalue weighted by Crippen LogP contribution is -2.45. The molecule has 8 nitrogen and oxygen atoms in total. The fourth-order valence-electron chi connectivity index (χ4n) is 1.84. The van der Waals surface area contributed by atoms with Gasteiger partial charge in [-0.15, -0.1) is 0 Å². The highest BCUT2D eigenvalue weighted by Crippen LogP contribution is 2.15. The van der Waals surface area contributed by atoms with Crippen LogP contribution in [-0.4, -0.2) is 45.8 Å². The molecule has 0 unspecified atom stereocenters. The predicted octanol–water partition coefficient (Wildman–Crippen LogP) is 0.274. The summed E-state index contributed by atoms with van der Waals surface area (Å²) in [6.45, 7) is 11.0. The lowest BCUT2D eigenvalue weighted by molar-refractivity contribution is -0.138. The smallest absolute Gasteiger partial charge is 0.328 e. The number of nitrogens with two attached hydrogens (primary N) is 1. The second kappa shape index (κ2) is 9.93. The Bertz CT molecular complexity index is 698. The highest BCUT2D eigenvalue weighted by molar-refractivity contribution is 5.89. The first-order chi connectivity index (χ1) is 11.6. The number of aromatic amines is 1. The van der Waals surface area contributed by atoms with Gasteiger partial charge in [0.25, 0.3) is 5.56 Å². The number of hydrogen-bond donors (Lipinski definition) is 2. The second-order valence-corrected chi connectivity index (χ2v) is 6.48. The van der Waals surface area contributed by atoms with Gasteiger partial charge < -0.3 is 10.6 Å². The van der Waals surface area contributed by atoms with Gasteiger partial charge in [0, 0.05) is 30.3 Å². The minimum atomic E-state index is -0.663. The number of aryl methyl sites for hydroxylation is 1. The number of H-pyrrole nitrogens is 1. The van der Waals surface area contributed by atoms with Crippen LogP contribution in [0, 0.1) is 12.3 Å². The monoisotopic (exact) mass is 354 g/mol. The van der Waals surface area contributed by atoms with Gasteiger partial charge >= 0.3 is 5.69 Å². The summed E-state index contributed by atoms with van der Waals surface area (Å²) in [6, 6.07) is 0. The molecule has 3 N–H and O–H groups in total. The average molecular weight is 354 g/mol. The van der Waals surface area contributed by atoms with Crippen LogP contribution in [0.5, 0.6) is 0 Å². The zero-order valence-corrected chi connectivity index (χ0v) is 16.0. The van der Waals surface area contributed by atoms with Gasteiger partial charge in [-0.1, -0.05) is 34.6 Å². The molecule has 0 aliphatic rings. The van der Waals surface area contributed by atoms with Crippen LogP contribution >= 0.6 is 0 Å². The number of carbonyl (C=O) groups is 2. The Morgan fingerprint density at radius 1 is 1.24 bits per heavy atom. The average Bonchev–Trinajstić information content (AvgIpc) is 2.53. The molecule has 142 valence electrons. The molecule has 0 bridgehead atoms. The molecule has 1 heterocycles. The fraction of sp³-hybridized carbons (Fsp3) is 0.647. The summed E-state index contributed by atoms with van der Waals surface area (Å²) in [7, 11) is 0. The zero-order valence-electron chi connectivity index (χ0n) is 16.0. The van der Waals surface area contributed by atoms with Crippen molar-refractivity contribution in [3.63, 3.8) is 0 Å². The van der Waals surface area contributed by atoms with Crippen molar-refractivity contribution >= 4 is 11.7 Å². The van der Waals surface area contributed by atoms with Crippen LogP contribution in [0.4, 0.5) is 0 Å². The highest BCUT2D eigenvalue weighted by Gasteiger charge is 2.25. The maximum Gasteiger partial charge on any atom is 0.328 e.